The van der Waals surface area contributed by atoms with Gasteiger partial charge in [-0.3, -0.25) is 14.5 Å². The number of halogens is 1. The molecule has 8 nitrogen and oxygen atoms in total. The minimum atomic E-state index is -0.350. The molecule has 0 amide bonds. The second-order valence-electron chi connectivity index (χ2n) is 6.85. The van der Waals surface area contributed by atoms with E-state index in [0.29, 0.717) is 30.5 Å². The zero-order chi connectivity index (χ0) is 19.8. The maximum atomic E-state index is 11.2. The number of H-pyrrole nitrogens is 1. The zero-order valence-corrected chi connectivity index (χ0v) is 16.1. The maximum absolute atomic E-state index is 11.2. The van der Waals surface area contributed by atoms with E-state index in [9.17, 15) is 4.79 Å². The number of aromatic amines is 1. The summed E-state index contributed by atoms with van der Waals surface area (Å²) in [6.45, 7) is 2.57. The summed E-state index contributed by atoms with van der Waals surface area (Å²) < 4.78 is 7.91. The van der Waals surface area contributed by atoms with E-state index < -0.39 is 0 Å². The lowest BCUT2D eigenvalue weighted by Gasteiger charge is -2.19. The number of ether oxygens (including phenoxy) is 1. The molecule has 1 aliphatic heterocycles. The second kappa shape index (κ2) is 7.31. The molecule has 1 aliphatic rings. The third-order valence-corrected chi connectivity index (χ3v) is 5.16. The molecule has 0 saturated carbocycles. The molecule has 0 fully saturated rings. The van der Waals surface area contributed by atoms with Crippen molar-refractivity contribution < 1.29 is 4.74 Å². The van der Waals surface area contributed by atoms with Crippen molar-refractivity contribution in [3.8, 4) is 11.4 Å². The summed E-state index contributed by atoms with van der Waals surface area (Å²) in [7, 11) is 0. The van der Waals surface area contributed by atoms with E-state index in [0.717, 1.165) is 34.5 Å². The molecule has 0 bridgehead atoms. The third kappa shape index (κ3) is 3.48. The Labute approximate surface area is 170 Å². The Balaban J connectivity index is 1.50. The Morgan fingerprint density at radius 2 is 2.10 bits per heavy atom. The van der Waals surface area contributed by atoms with E-state index in [-0.39, 0.29) is 5.69 Å². The highest BCUT2D eigenvalue weighted by Crippen LogP contribution is 2.35. The molecule has 0 saturated heterocycles. The lowest BCUT2D eigenvalue weighted by molar-refractivity contribution is 0.219. The van der Waals surface area contributed by atoms with Crippen molar-refractivity contribution in [1.82, 2.24) is 29.4 Å². The first kappa shape index (κ1) is 17.8. The molecule has 1 N–H and O–H groups in total. The van der Waals surface area contributed by atoms with E-state index in [1.165, 1.54) is 0 Å². The lowest BCUT2D eigenvalue weighted by Crippen LogP contribution is -2.26. The van der Waals surface area contributed by atoms with Gasteiger partial charge in [0.1, 0.15) is 17.9 Å². The monoisotopic (exact) mass is 408 g/mol. The van der Waals surface area contributed by atoms with Crippen LogP contribution in [0.25, 0.3) is 16.9 Å². The number of hydrogen-bond acceptors (Lipinski definition) is 6. The van der Waals surface area contributed by atoms with Crippen LogP contribution in [0.2, 0.25) is 5.02 Å². The van der Waals surface area contributed by atoms with Crippen LogP contribution in [-0.4, -0.2) is 42.6 Å². The molecule has 0 aliphatic carbocycles. The number of aromatic nitrogens is 5. The van der Waals surface area contributed by atoms with Crippen LogP contribution in [-0.2, 0) is 13.1 Å². The highest BCUT2D eigenvalue weighted by atomic mass is 35.5. The van der Waals surface area contributed by atoms with E-state index in [2.05, 4.69) is 30.9 Å². The van der Waals surface area contributed by atoms with Crippen LogP contribution < -0.4 is 10.4 Å². The van der Waals surface area contributed by atoms with Crippen LogP contribution in [0.4, 0.5) is 0 Å². The predicted molar refractivity (Wildman–Crippen MR) is 108 cm³/mol. The van der Waals surface area contributed by atoms with Crippen LogP contribution in [0.15, 0.2) is 54.0 Å². The molecule has 146 valence electrons. The average Bonchev–Trinajstić information content (AvgIpc) is 3.04. The standard InChI is InChI=1S/C20H17ClN6O2/c21-16-8-15(27-4-1-17-19(27)23-3-2-22-17)7-14-12-26(5-6-29-18(14)16)11-13-9-24-20(28)25-10-13/h1-4,7-10H,5-6,11-12H2,(H,24,25,28). The van der Waals surface area contributed by atoms with Crippen LogP contribution in [0.5, 0.6) is 5.75 Å². The fraction of sp³-hybridized carbons (Fsp3) is 0.200. The van der Waals surface area contributed by atoms with Gasteiger partial charge in [-0.2, -0.15) is 0 Å². The Morgan fingerprint density at radius 1 is 1.21 bits per heavy atom. The van der Waals surface area contributed by atoms with Gasteiger partial charge in [-0.05, 0) is 18.2 Å². The number of fused-ring (bicyclic) bond motifs is 2. The van der Waals surface area contributed by atoms with Crippen molar-refractivity contribution in [2.45, 2.75) is 13.1 Å². The number of nitrogens with one attached hydrogen (secondary N) is 1. The van der Waals surface area contributed by atoms with Gasteiger partial charge in [0, 0.05) is 67.4 Å². The van der Waals surface area contributed by atoms with Crippen molar-refractivity contribution in [2.75, 3.05) is 13.2 Å². The quantitative estimate of drug-likeness (QED) is 0.560. The van der Waals surface area contributed by atoms with Crippen molar-refractivity contribution >= 4 is 22.8 Å². The molecular weight excluding hydrogens is 392 g/mol. The van der Waals surface area contributed by atoms with E-state index >= 15 is 0 Å². The van der Waals surface area contributed by atoms with Crippen LogP contribution in [0.3, 0.4) is 0 Å². The van der Waals surface area contributed by atoms with Gasteiger partial charge in [0.15, 0.2) is 5.65 Å². The average molecular weight is 409 g/mol. The van der Waals surface area contributed by atoms with Crippen molar-refractivity contribution in [1.29, 1.82) is 0 Å². The Hall–Kier alpha value is -3.23. The van der Waals surface area contributed by atoms with E-state index in [1.54, 1.807) is 24.8 Å². The third-order valence-electron chi connectivity index (χ3n) is 4.88. The summed E-state index contributed by atoms with van der Waals surface area (Å²) in [5.74, 6) is 0.708. The highest BCUT2D eigenvalue weighted by molar-refractivity contribution is 6.32. The predicted octanol–water partition coefficient (Wildman–Crippen LogP) is 2.55. The van der Waals surface area contributed by atoms with E-state index in [1.807, 2.05) is 22.9 Å². The number of rotatable bonds is 3. The molecule has 1 aromatic carbocycles. The fourth-order valence-electron chi connectivity index (χ4n) is 3.57. The smallest absolute Gasteiger partial charge is 0.344 e. The first-order valence-corrected chi connectivity index (χ1v) is 9.55. The molecule has 4 heterocycles. The first-order chi connectivity index (χ1) is 14.2. The molecular formula is C20H17ClN6O2. The maximum Gasteiger partial charge on any atom is 0.344 e. The number of hydrogen-bond donors (Lipinski definition) is 1. The molecule has 9 heteroatoms. The normalized spacial score (nSPS) is 14.4. The second-order valence-corrected chi connectivity index (χ2v) is 7.26. The molecule has 3 aromatic heterocycles. The zero-order valence-electron chi connectivity index (χ0n) is 15.4. The Bertz CT molecular complexity index is 1230. The molecule has 0 spiro atoms. The van der Waals surface area contributed by atoms with Gasteiger partial charge in [0.25, 0.3) is 0 Å². The summed E-state index contributed by atoms with van der Waals surface area (Å²) in [5.41, 5.74) is 4.07. The Kier molecular flexibility index (Phi) is 4.49. The summed E-state index contributed by atoms with van der Waals surface area (Å²) in [6, 6.07) is 5.88. The van der Waals surface area contributed by atoms with Crippen LogP contribution in [0.1, 0.15) is 11.1 Å². The van der Waals surface area contributed by atoms with E-state index in [4.69, 9.17) is 16.3 Å². The fourth-order valence-corrected chi connectivity index (χ4v) is 3.86. The Morgan fingerprint density at radius 3 is 2.97 bits per heavy atom. The first-order valence-electron chi connectivity index (χ1n) is 9.17. The van der Waals surface area contributed by atoms with Gasteiger partial charge < -0.3 is 9.72 Å². The number of nitrogens with zero attached hydrogens (tertiary/aromatic N) is 5. The molecule has 0 atom stereocenters. The van der Waals surface area contributed by atoms with Gasteiger partial charge in [-0.1, -0.05) is 11.6 Å². The number of benzene rings is 1. The molecule has 29 heavy (non-hydrogen) atoms. The minimum Gasteiger partial charge on any atom is -0.490 e. The highest BCUT2D eigenvalue weighted by Gasteiger charge is 2.20. The summed E-state index contributed by atoms with van der Waals surface area (Å²) in [4.78, 5) is 28.6. The van der Waals surface area contributed by atoms with Gasteiger partial charge in [0.05, 0.1) is 5.02 Å². The topological polar surface area (TPSA) is 88.9 Å². The van der Waals surface area contributed by atoms with Crippen LogP contribution in [0, 0.1) is 0 Å². The summed E-state index contributed by atoms with van der Waals surface area (Å²) >= 11 is 6.57. The summed E-state index contributed by atoms with van der Waals surface area (Å²) in [6.07, 6.45) is 8.57. The molecule has 0 radical (unpaired) electrons. The lowest BCUT2D eigenvalue weighted by atomic mass is 10.1. The molecule has 5 rings (SSSR count). The van der Waals surface area contributed by atoms with Crippen LogP contribution >= 0.6 is 11.6 Å². The van der Waals surface area contributed by atoms with Crippen molar-refractivity contribution in [3.63, 3.8) is 0 Å². The van der Waals surface area contributed by atoms with Gasteiger partial charge in [-0.25, -0.2) is 14.8 Å². The van der Waals surface area contributed by atoms with Crippen molar-refractivity contribution in [2.24, 2.45) is 0 Å². The summed E-state index contributed by atoms with van der Waals surface area (Å²) in [5, 5.41) is 0.566. The van der Waals surface area contributed by atoms with Gasteiger partial charge >= 0.3 is 5.69 Å². The SMILES string of the molecule is O=c1ncc(CN2CCOc3c(Cl)cc(-n4ccc5nccnc54)cc3C2)c[nH]1. The van der Waals surface area contributed by atoms with Crippen molar-refractivity contribution in [3.05, 3.63) is 75.8 Å². The van der Waals surface area contributed by atoms with Gasteiger partial charge in [-0.15, -0.1) is 0 Å². The molecule has 4 aromatic rings. The van der Waals surface area contributed by atoms with Gasteiger partial charge in [0.2, 0.25) is 0 Å². The minimum absolute atomic E-state index is 0.350. The molecule has 0 unspecified atom stereocenters. The largest absolute Gasteiger partial charge is 0.490 e.